The van der Waals surface area contributed by atoms with Crippen LogP contribution < -0.4 is 4.31 Å². The Labute approximate surface area is 96.6 Å². The number of hydrogen-bond donors (Lipinski definition) is 1. The molecule has 4 nitrogen and oxygen atoms in total. The summed E-state index contributed by atoms with van der Waals surface area (Å²) in [4.78, 5) is 0. The molecule has 5 heteroatoms. The lowest BCUT2D eigenvalue weighted by atomic mass is 10.1. The van der Waals surface area contributed by atoms with Gasteiger partial charge in [-0.05, 0) is 31.0 Å². The van der Waals surface area contributed by atoms with Crippen molar-refractivity contribution in [3.8, 4) is 0 Å². The lowest BCUT2D eigenvalue weighted by molar-refractivity contribution is 0.195. The van der Waals surface area contributed by atoms with Crippen LogP contribution in [0.3, 0.4) is 0 Å². The van der Waals surface area contributed by atoms with Crippen LogP contribution in [0.15, 0.2) is 24.3 Å². The minimum Gasteiger partial charge on any atom is -0.393 e. The molecule has 0 amide bonds. The first-order valence-corrected chi connectivity index (χ1v) is 6.86. The number of hydrogen-bond acceptors (Lipinski definition) is 3. The normalized spacial score (nSPS) is 13.5. The first kappa shape index (κ1) is 13.0. The van der Waals surface area contributed by atoms with Gasteiger partial charge in [-0.15, -0.1) is 0 Å². The Morgan fingerprint density at radius 2 is 1.81 bits per heavy atom. The second kappa shape index (κ2) is 4.84. The van der Waals surface area contributed by atoms with Crippen molar-refractivity contribution in [2.75, 3.05) is 17.6 Å². The summed E-state index contributed by atoms with van der Waals surface area (Å²) in [6, 6.07) is 7.12. The van der Waals surface area contributed by atoms with E-state index in [1.807, 2.05) is 12.1 Å². The maximum absolute atomic E-state index is 11.3. The molecule has 0 saturated carbocycles. The number of rotatable bonds is 4. The van der Waals surface area contributed by atoms with Crippen LogP contribution >= 0.6 is 0 Å². The predicted molar refractivity (Wildman–Crippen MR) is 65.1 cm³/mol. The molecule has 1 aromatic carbocycles. The van der Waals surface area contributed by atoms with E-state index < -0.39 is 16.1 Å². The monoisotopic (exact) mass is 243 g/mol. The summed E-state index contributed by atoms with van der Waals surface area (Å²) in [5, 5.41) is 9.21. The minimum absolute atomic E-state index is 0.390. The van der Waals surface area contributed by atoms with E-state index in [-0.39, 0.29) is 0 Å². The van der Waals surface area contributed by atoms with E-state index in [2.05, 4.69) is 0 Å². The van der Waals surface area contributed by atoms with Crippen LogP contribution in [0.5, 0.6) is 0 Å². The van der Waals surface area contributed by atoms with Crippen molar-refractivity contribution in [3.63, 3.8) is 0 Å². The number of anilines is 1. The van der Waals surface area contributed by atoms with Gasteiger partial charge < -0.3 is 5.11 Å². The van der Waals surface area contributed by atoms with Gasteiger partial charge in [0.15, 0.2) is 0 Å². The molecule has 1 aromatic rings. The van der Waals surface area contributed by atoms with Crippen LogP contribution in [0, 0.1) is 0 Å². The zero-order chi connectivity index (χ0) is 12.3. The highest BCUT2D eigenvalue weighted by Crippen LogP contribution is 2.16. The van der Waals surface area contributed by atoms with Crippen LogP contribution in [-0.4, -0.2) is 32.9 Å². The molecule has 0 aliphatic rings. The zero-order valence-electron chi connectivity index (χ0n) is 9.71. The summed E-state index contributed by atoms with van der Waals surface area (Å²) in [6.07, 6.45) is 1.35. The Bertz CT molecular complexity index is 437. The van der Waals surface area contributed by atoms with Crippen molar-refractivity contribution >= 4 is 15.7 Å². The van der Waals surface area contributed by atoms with Crippen molar-refractivity contribution in [2.24, 2.45) is 0 Å². The molecule has 0 saturated heterocycles. The molecule has 0 aliphatic carbocycles. The summed E-state index contributed by atoms with van der Waals surface area (Å²) >= 11 is 0. The maximum atomic E-state index is 11.3. The lowest BCUT2D eigenvalue weighted by Crippen LogP contribution is -2.24. The Kier molecular flexibility index (Phi) is 3.93. The van der Waals surface area contributed by atoms with Gasteiger partial charge >= 0.3 is 0 Å². The van der Waals surface area contributed by atoms with E-state index in [1.165, 1.54) is 11.4 Å². The standard InChI is InChI=1S/C11H17NO3S/c1-9(13)8-10-4-6-11(7-5-10)12(2)16(3,14)15/h4-7,9,13H,8H2,1-3H3. The van der Waals surface area contributed by atoms with Gasteiger partial charge in [0.05, 0.1) is 18.0 Å². The first-order valence-electron chi connectivity index (χ1n) is 5.01. The SMILES string of the molecule is CC(O)Cc1ccc(N(C)S(C)(=O)=O)cc1. The summed E-state index contributed by atoms with van der Waals surface area (Å²) in [6.45, 7) is 1.72. The summed E-state index contributed by atoms with van der Waals surface area (Å²) < 4.78 is 23.8. The summed E-state index contributed by atoms with van der Waals surface area (Å²) in [5.41, 5.74) is 1.61. The fourth-order valence-corrected chi connectivity index (χ4v) is 1.88. The van der Waals surface area contributed by atoms with E-state index in [0.717, 1.165) is 11.8 Å². The number of nitrogens with zero attached hydrogens (tertiary/aromatic N) is 1. The molecule has 0 spiro atoms. The van der Waals surface area contributed by atoms with Gasteiger partial charge in [-0.1, -0.05) is 12.1 Å². The molecule has 0 aliphatic heterocycles. The molecular weight excluding hydrogens is 226 g/mol. The number of aliphatic hydroxyl groups is 1. The Balaban J connectivity index is 2.87. The van der Waals surface area contributed by atoms with E-state index >= 15 is 0 Å². The lowest BCUT2D eigenvalue weighted by Gasteiger charge is -2.16. The maximum Gasteiger partial charge on any atom is 0.231 e. The smallest absolute Gasteiger partial charge is 0.231 e. The molecule has 0 radical (unpaired) electrons. The second-order valence-electron chi connectivity index (χ2n) is 3.95. The fraction of sp³-hybridized carbons (Fsp3) is 0.455. The minimum atomic E-state index is -3.21. The predicted octanol–water partition coefficient (Wildman–Crippen LogP) is 1.01. The van der Waals surface area contributed by atoms with Crippen LogP contribution in [-0.2, 0) is 16.4 Å². The Morgan fingerprint density at radius 1 is 1.31 bits per heavy atom. The molecule has 1 N–H and O–H groups in total. The molecule has 1 unspecified atom stereocenters. The molecule has 0 fully saturated rings. The topological polar surface area (TPSA) is 57.6 Å². The van der Waals surface area contributed by atoms with Crippen LogP contribution in [0.1, 0.15) is 12.5 Å². The zero-order valence-corrected chi connectivity index (χ0v) is 10.5. The number of benzene rings is 1. The van der Waals surface area contributed by atoms with Gasteiger partial charge in [-0.2, -0.15) is 0 Å². The highest BCUT2D eigenvalue weighted by molar-refractivity contribution is 7.92. The van der Waals surface area contributed by atoms with E-state index in [9.17, 15) is 13.5 Å². The van der Waals surface area contributed by atoms with Crippen molar-refractivity contribution in [2.45, 2.75) is 19.4 Å². The molecular formula is C11H17NO3S. The van der Waals surface area contributed by atoms with E-state index in [0.29, 0.717) is 12.1 Å². The van der Waals surface area contributed by atoms with Crippen molar-refractivity contribution in [3.05, 3.63) is 29.8 Å². The molecule has 0 heterocycles. The highest BCUT2D eigenvalue weighted by Gasteiger charge is 2.11. The molecule has 1 rings (SSSR count). The first-order chi connectivity index (χ1) is 7.30. The van der Waals surface area contributed by atoms with E-state index in [1.54, 1.807) is 19.1 Å². The van der Waals surface area contributed by atoms with Crippen LogP contribution in [0.4, 0.5) is 5.69 Å². The van der Waals surface area contributed by atoms with Crippen LogP contribution in [0.25, 0.3) is 0 Å². The van der Waals surface area contributed by atoms with Crippen LogP contribution in [0.2, 0.25) is 0 Å². The quantitative estimate of drug-likeness (QED) is 0.858. The van der Waals surface area contributed by atoms with Crippen molar-refractivity contribution in [1.29, 1.82) is 0 Å². The molecule has 0 bridgehead atoms. The van der Waals surface area contributed by atoms with Gasteiger partial charge in [0, 0.05) is 7.05 Å². The summed E-state index contributed by atoms with van der Waals surface area (Å²) in [5.74, 6) is 0. The molecule has 1 atom stereocenters. The Morgan fingerprint density at radius 3 is 2.19 bits per heavy atom. The average Bonchev–Trinajstić information content (AvgIpc) is 2.15. The fourth-order valence-electron chi connectivity index (χ4n) is 1.37. The number of sulfonamides is 1. The third kappa shape index (κ3) is 3.50. The highest BCUT2D eigenvalue weighted by atomic mass is 32.2. The molecule has 90 valence electrons. The van der Waals surface area contributed by atoms with Gasteiger partial charge in [-0.25, -0.2) is 8.42 Å². The average molecular weight is 243 g/mol. The summed E-state index contributed by atoms with van der Waals surface area (Å²) in [7, 11) is -1.69. The second-order valence-corrected chi connectivity index (χ2v) is 5.96. The number of aliphatic hydroxyl groups excluding tert-OH is 1. The van der Waals surface area contributed by atoms with Gasteiger partial charge in [0.25, 0.3) is 0 Å². The third-order valence-electron chi connectivity index (χ3n) is 2.33. The largest absolute Gasteiger partial charge is 0.393 e. The van der Waals surface area contributed by atoms with Gasteiger partial charge in [-0.3, -0.25) is 4.31 Å². The van der Waals surface area contributed by atoms with Crippen molar-refractivity contribution < 1.29 is 13.5 Å². The molecule has 16 heavy (non-hydrogen) atoms. The van der Waals surface area contributed by atoms with Crippen molar-refractivity contribution in [1.82, 2.24) is 0 Å². The Hall–Kier alpha value is -1.07. The van der Waals surface area contributed by atoms with Gasteiger partial charge in [0.2, 0.25) is 10.0 Å². The van der Waals surface area contributed by atoms with Gasteiger partial charge in [0.1, 0.15) is 0 Å². The molecule has 0 aromatic heterocycles. The van der Waals surface area contributed by atoms with E-state index in [4.69, 9.17) is 0 Å². The third-order valence-corrected chi connectivity index (χ3v) is 3.53.